The number of hydrogen-bond donors (Lipinski definition) is 1. The van der Waals surface area contributed by atoms with Gasteiger partial charge in [-0.25, -0.2) is 15.0 Å². The van der Waals surface area contributed by atoms with Crippen molar-refractivity contribution in [2.75, 3.05) is 6.54 Å². The van der Waals surface area contributed by atoms with E-state index >= 15 is 0 Å². The summed E-state index contributed by atoms with van der Waals surface area (Å²) in [6, 6.07) is 1.77. The molecule has 1 aliphatic heterocycles. The van der Waals surface area contributed by atoms with Gasteiger partial charge >= 0.3 is 0 Å². The molecule has 2 aromatic heterocycles. The highest BCUT2D eigenvalue weighted by Gasteiger charge is 2.25. The largest absolute Gasteiger partial charge is 0.382 e. The lowest BCUT2D eigenvalue weighted by Crippen LogP contribution is -2.35. The van der Waals surface area contributed by atoms with Crippen LogP contribution in [0.5, 0.6) is 0 Å². The summed E-state index contributed by atoms with van der Waals surface area (Å²) in [5.74, 6) is 0.484. The summed E-state index contributed by atoms with van der Waals surface area (Å²) >= 11 is 1.50. The van der Waals surface area contributed by atoms with E-state index in [1.54, 1.807) is 18.5 Å². The van der Waals surface area contributed by atoms with Crippen LogP contribution in [0.4, 0.5) is 0 Å². The zero-order chi connectivity index (χ0) is 15.4. The maximum absolute atomic E-state index is 11.9. The molecule has 1 N–H and O–H groups in total. The first-order chi connectivity index (χ1) is 10.7. The molecule has 1 atom stereocenters. The van der Waals surface area contributed by atoms with Gasteiger partial charge in [-0.05, 0) is 13.0 Å². The molecule has 0 radical (unpaired) electrons. The Bertz CT molecular complexity index is 686. The fourth-order valence-electron chi connectivity index (χ4n) is 2.00. The highest BCUT2D eigenvalue weighted by molar-refractivity contribution is 7.13. The van der Waals surface area contributed by atoms with Gasteiger partial charge in [-0.3, -0.25) is 4.79 Å². The molecule has 0 fully saturated rings. The topological polar surface area (TPSA) is 89.4 Å². The monoisotopic (exact) mass is 317 g/mol. The number of aromatic nitrogens is 3. The molecule has 0 aromatic carbocycles. The molecule has 114 valence electrons. The lowest BCUT2D eigenvalue weighted by molar-refractivity contribution is -0.131. The number of nitrogens with zero attached hydrogens (tertiary/aromatic N) is 4. The van der Waals surface area contributed by atoms with E-state index in [9.17, 15) is 4.79 Å². The average molecular weight is 317 g/mol. The van der Waals surface area contributed by atoms with Crippen LogP contribution in [0, 0.1) is 0 Å². The van der Waals surface area contributed by atoms with Crippen molar-refractivity contribution >= 4 is 23.0 Å². The normalized spacial score (nSPS) is 17.0. The Labute approximate surface area is 131 Å². The Kier molecular flexibility index (Phi) is 4.38. The molecule has 1 amide bonds. The third-order valence-electron chi connectivity index (χ3n) is 3.10. The molecule has 2 aromatic rings. The minimum Gasteiger partial charge on any atom is -0.382 e. The number of amides is 1. The van der Waals surface area contributed by atoms with Crippen molar-refractivity contribution in [1.82, 2.24) is 20.3 Å². The molecular formula is C14H15N5O2S. The van der Waals surface area contributed by atoms with Gasteiger partial charge in [0, 0.05) is 37.2 Å². The van der Waals surface area contributed by atoms with E-state index in [0.29, 0.717) is 25.2 Å². The predicted molar refractivity (Wildman–Crippen MR) is 82.5 cm³/mol. The van der Waals surface area contributed by atoms with Gasteiger partial charge in [0.1, 0.15) is 0 Å². The molecule has 3 rings (SSSR count). The van der Waals surface area contributed by atoms with Gasteiger partial charge in [-0.15, -0.1) is 11.3 Å². The maximum Gasteiger partial charge on any atom is 0.264 e. The van der Waals surface area contributed by atoms with E-state index in [4.69, 9.17) is 4.84 Å². The SMILES string of the molecule is CC1=NO[C@H](C(=O)NCCc2csc(-c3ncccn3)n2)C1. The molecule has 8 heteroatoms. The molecule has 0 spiro atoms. The molecule has 22 heavy (non-hydrogen) atoms. The van der Waals surface area contributed by atoms with Gasteiger partial charge < -0.3 is 10.2 Å². The van der Waals surface area contributed by atoms with Crippen LogP contribution in [0.25, 0.3) is 10.8 Å². The fraction of sp³-hybridized carbons (Fsp3) is 0.357. The molecule has 3 heterocycles. The summed E-state index contributed by atoms with van der Waals surface area (Å²) in [5, 5.41) is 9.35. The minimum atomic E-state index is -0.497. The lowest BCUT2D eigenvalue weighted by atomic mass is 10.2. The molecule has 0 bridgehead atoms. The van der Waals surface area contributed by atoms with E-state index in [1.165, 1.54) is 11.3 Å². The van der Waals surface area contributed by atoms with E-state index in [-0.39, 0.29) is 5.91 Å². The van der Waals surface area contributed by atoms with E-state index in [0.717, 1.165) is 16.4 Å². The summed E-state index contributed by atoms with van der Waals surface area (Å²) in [5.41, 5.74) is 1.75. The number of carbonyl (C=O) groups is 1. The minimum absolute atomic E-state index is 0.137. The van der Waals surface area contributed by atoms with Crippen molar-refractivity contribution < 1.29 is 9.63 Å². The molecule has 0 saturated carbocycles. The Hall–Kier alpha value is -2.35. The molecule has 0 unspecified atom stereocenters. The third-order valence-corrected chi connectivity index (χ3v) is 3.99. The van der Waals surface area contributed by atoms with Crippen molar-refractivity contribution in [3.8, 4) is 10.8 Å². The average Bonchev–Trinajstić information content (AvgIpc) is 3.17. The molecule has 0 aliphatic carbocycles. The van der Waals surface area contributed by atoms with Crippen LogP contribution in [0.15, 0.2) is 29.0 Å². The van der Waals surface area contributed by atoms with Crippen LogP contribution in [0.3, 0.4) is 0 Å². The molecular weight excluding hydrogens is 302 g/mol. The first kappa shape index (κ1) is 14.6. The van der Waals surface area contributed by atoms with Crippen LogP contribution < -0.4 is 5.32 Å². The fourth-order valence-corrected chi connectivity index (χ4v) is 2.80. The quantitative estimate of drug-likeness (QED) is 0.901. The van der Waals surface area contributed by atoms with Crippen molar-refractivity contribution in [2.45, 2.75) is 25.9 Å². The Morgan fingerprint density at radius 2 is 2.27 bits per heavy atom. The summed E-state index contributed by atoms with van der Waals surface area (Å²) in [6.07, 6.45) is 4.09. The first-order valence-corrected chi connectivity index (χ1v) is 7.79. The van der Waals surface area contributed by atoms with Gasteiger partial charge in [0.05, 0.1) is 11.4 Å². The van der Waals surface area contributed by atoms with Gasteiger partial charge in [-0.1, -0.05) is 5.16 Å². The van der Waals surface area contributed by atoms with Gasteiger partial charge in [0.25, 0.3) is 5.91 Å². The van der Waals surface area contributed by atoms with Crippen LogP contribution in [-0.4, -0.2) is 39.2 Å². The number of thiazole rings is 1. The smallest absolute Gasteiger partial charge is 0.264 e. The van der Waals surface area contributed by atoms with Gasteiger partial charge in [-0.2, -0.15) is 0 Å². The van der Waals surface area contributed by atoms with Crippen LogP contribution in [-0.2, 0) is 16.1 Å². The van der Waals surface area contributed by atoms with Crippen molar-refractivity contribution in [2.24, 2.45) is 5.16 Å². The Morgan fingerprint density at radius 1 is 1.45 bits per heavy atom. The third kappa shape index (κ3) is 3.45. The summed E-state index contributed by atoms with van der Waals surface area (Å²) in [7, 11) is 0. The van der Waals surface area contributed by atoms with Crippen LogP contribution in [0.1, 0.15) is 19.0 Å². The van der Waals surface area contributed by atoms with Crippen LogP contribution in [0.2, 0.25) is 0 Å². The highest BCUT2D eigenvalue weighted by Crippen LogP contribution is 2.19. The number of hydrogen-bond acceptors (Lipinski definition) is 7. The first-order valence-electron chi connectivity index (χ1n) is 6.91. The summed E-state index contributed by atoms with van der Waals surface area (Å²) in [6.45, 7) is 2.35. The number of carbonyl (C=O) groups excluding carboxylic acids is 1. The predicted octanol–water partition coefficient (Wildman–Crippen LogP) is 1.42. The Balaban J connectivity index is 1.48. The van der Waals surface area contributed by atoms with Crippen molar-refractivity contribution in [3.63, 3.8) is 0 Å². The van der Waals surface area contributed by atoms with Crippen molar-refractivity contribution in [1.29, 1.82) is 0 Å². The van der Waals surface area contributed by atoms with Crippen molar-refractivity contribution in [3.05, 3.63) is 29.5 Å². The summed E-state index contributed by atoms with van der Waals surface area (Å²) < 4.78 is 0. The maximum atomic E-state index is 11.9. The zero-order valence-corrected chi connectivity index (χ0v) is 12.8. The molecule has 0 saturated heterocycles. The highest BCUT2D eigenvalue weighted by atomic mass is 32.1. The lowest BCUT2D eigenvalue weighted by Gasteiger charge is -2.08. The van der Waals surface area contributed by atoms with E-state index in [1.807, 2.05) is 12.3 Å². The van der Waals surface area contributed by atoms with E-state index in [2.05, 4.69) is 25.4 Å². The number of nitrogens with one attached hydrogen (secondary N) is 1. The second kappa shape index (κ2) is 6.61. The molecule has 7 nitrogen and oxygen atoms in total. The number of rotatable bonds is 5. The molecule has 1 aliphatic rings. The summed E-state index contributed by atoms with van der Waals surface area (Å²) in [4.78, 5) is 29.7. The van der Waals surface area contributed by atoms with Gasteiger partial charge in [0.15, 0.2) is 10.8 Å². The standard InChI is InChI=1S/C14H15N5O2S/c1-9-7-11(21-19-9)13(20)17-6-3-10-8-22-14(18-10)12-15-4-2-5-16-12/h2,4-5,8,11H,3,6-7H2,1H3,(H,17,20)/t11-/m0/s1. The number of oxime groups is 1. The zero-order valence-electron chi connectivity index (χ0n) is 12.0. The van der Waals surface area contributed by atoms with Crippen LogP contribution >= 0.6 is 11.3 Å². The van der Waals surface area contributed by atoms with E-state index < -0.39 is 6.10 Å². The van der Waals surface area contributed by atoms with Gasteiger partial charge in [0.2, 0.25) is 6.10 Å². The second-order valence-electron chi connectivity index (χ2n) is 4.88. The Morgan fingerprint density at radius 3 is 3.00 bits per heavy atom. The second-order valence-corrected chi connectivity index (χ2v) is 5.74.